The number of nitrogens with two attached hydrogens (primary N) is 2. The van der Waals surface area contributed by atoms with Crippen LogP contribution in [0.3, 0.4) is 0 Å². The molecule has 3 rings (SSSR count). The van der Waals surface area contributed by atoms with Crippen molar-refractivity contribution in [3.63, 3.8) is 0 Å². The lowest BCUT2D eigenvalue weighted by molar-refractivity contribution is -0.384. The molecule has 21 heteroatoms. The molecule has 6 atom stereocenters. The Morgan fingerprint density at radius 2 is 1.52 bits per heavy atom. The van der Waals surface area contributed by atoms with Gasteiger partial charge in [0, 0.05) is 30.8 Å². The van der Waals surface area contributed by atoms with E-state index in [1.807, 2.05) is 6.26 Å². The second-order valence-electron chi connectivity index (χ2n) is 15.2. The molecule has 0 radical (unpaired) electrons. The van der Waals surface area contributed by atoms with Crippen LogP contribution < -0.4 is 43.4 Å². The maximum atomic E-state index is 14.1. The molecule has 2 aromatic carbocycles. The van der Waals surface area contributed by atoms with Gasteiger partial charge in [-0.05, 0) is 80.7 Å². The van der Waals surface area contributed by atoms with Gasteiger partial charge in [-0.3, -0.25) is 43.7 Å². The van der Waals surface area contributed by atoms with Gasteiger partial charge in [0.1, 0.15) is 36.3 Å². The van der Waals surface area contributed by atoms with Gasteiger partial charge in [0.05, 0.1) is 18.1 Å². The molecule has 0 aliphatic carbocycles. The van der Waals surface area contributed by atoms with Crippen molar-refractivity contribution >= 4 is 64.5 Å². The number of rotatable bonds is 25. The lowest BCUT2D eigenvalue weighted by atomic mass is 10.0. The van der Waals surface area contributed by atoms with Crippen molar-refractivity contribution in [3.05, 3.63) is 70.3 Å². The SMILES string of the molecule is CSCC[C@H](NC(=O)[C@@H]1CCCN1C(=O)[C@@H](N)CO)C(=O)N[C@@H](Cc1ccccc1)C(=O)N[C@@H](CCCCN)C(=O)NCC(=O)N[C@H](C(=O)Nc1ccc([N+](=O)[O-])cc1)C(C)C. The van der Waals surface area contributed by atoms with Gasteiger partial charge in [0.15, 0.2) is 0 Å². The number of thioether (sulfide) groups is 1. The number of aliphatic hydroxyl groups excluding tert-OH is 1. The van der Waals surface area contributed by atoms with Gasteiger partial charge in [-0.25, -0.2) is 0 Å². The first-order chi connectivity index (χ1) is 29.6. The zero-order valence-electron chi connectivity index (χ0n) is 35.3. The number of hydrogen-bond acceptors (Lipinski definition) is 13. The fourth-order valence-electron chi connectivity index (χ4n) is 6.67. The summed E-state index contributed by atoms with van der Waals surface area (Å²) >= 11 is 1.44. The maximum absolute atomic E-state index is 14.1. The third kappa shape index (κ3) is 16.0. The zero-order chi connectivity index (χ0) is 45.8. The van der Waals surface area contributed by atoms with Gasteiger partial charge in [0.25, 0.3) is 5.69 Å². The average Bonchev–Trinajstić information content (AvgIpc) is 3.75. The largest absolute Gasteiger partial charge is 0.394 e. The number of carbonyl (C=O) groups is 7. The first-order valence-corrected chi connectivity index (χ1v) is 21.9. The third-order valence-corrected chi connectivity index (χ3v) is 10.8. The number of carbonyl (C=O) groups excluding carboxylic acids is 7. The highest BCUT2D eigenvalue weighted by molar-refractivity contribution is 7.98. The van der Waals surface area contributed by atoms with E-state index in [2.05, 4.69) is 31.9 Å². The Morgan fingerprint density at radius 1 is 0.871 bits per heavy atom. The molecule has 0 saturated carbocycles. The summed E-state index contributed by atoms with van der Waals surface area (Å²) in [6, 6.07) is 7.42. The molecular weight excluding hydrogens is 825 g/mol. The van der Waals surface area contributed by atoms with E-state index in [4.69, 9.17) is 11.5 Å². The van der Waals surface area contributed by atoms with Crippen molar-refractivity contribution < 1.29 is 43.6 Å². The smallest absolute Gasteiger partial charge is 0.269 e. The van der Waals surface area contributed by atoms with Crippen LogP contribution in [0.25, 0.3) is 0 Å². The van der Waals surface area contributed by atoms with Crippen LogP contribution in [0.5, 0.6) is 0 Å². The minimum atomic E-state index is -1.22. The number of nitrogens with one attached hydrogen (secondary N) is 6. The molecule has 0 bridgehead atoms. The van der Waals surface area contributed by atoms with E-state index in [1.54, 1.807) is 44.2 Å². The molecule has 0 spiro atoms. The summed E-state index contributed by atoms with van der Waals surface area (Å²) in [7, 11) is 0. The van der Waals surface area contributed by atoms with Crippen LogP contribution in [0.4, 0.5) is 11.4 Å². The lowest BCUT2D eigenvalue weighted by Crippen LogP contribution is -2.59. The summed E-state index contributed by atoms with van der Waals surface area (Å²) in [6.07, 6.45) is 3.99. The van der Waals surface area contributed by atoms with Crippen LogP contribution in [0.1, 0.15) is 57.9 Å². The fraction of sp³-hybridized carbons (Fsp3) is 0.537. The van der Waals surface area contributed by atoms with Crippen LogP contribution in [-0.4, -0.2) is 131 Å². The van der Waals surface area contributed by atoms with Crippen LogP contribution in [0.15, 0.2) is 54.6 Å². The van der Waals surface area contributed by atoms with Crippen molar-refractivity contribution in [2.24, 2.45) is 17.4 Å². The van der Waals surface area contributed by atoms with Crippen molar-refractivity contribution in [3.8, 4) is 0 Å². The van der Waals surface area contributed by atoms with Crippen molar-refractivity contribution in [2.45, 2.75) is 95.0 Å². The lowest BCUT2D eigenvalue weighted by Gasteiger charge is -2.29. The highest BCUT2D eigenvalue weighted by atomic mass is 32.2. The van der Waals surface area contributed by atoms with Gasteiger partial charge < -0.3 is 53.4 Å². The molecule has 62 heavy (non-hydrogen) atoms. The number of non-ortho nitro benzene ring substituents is 1. The molecule has 7 amide bonds. The highest BCUT2D eigenvalue weighted by Crippen LogP contribution is 2.20. The van der Waals surface area contributed by atoms with Crippen molar-refractivity contribution in [1.29, 1.82) is 0 Å². The van der Waals surface area contributed by atoms with Gasteiger partial charge in [0.2, 0.25) is 41.4 Å². The summed E-state index contributed by atoms with van der Waals surface area (Å²) in [6.45, 7) is 2.85. The Kier molecular flexibility index (Phi) is 21.2. The molecular formula is C41H60N10O10S. The van der Waals surface area contributed by atoms with E-state index < -0.39 is 102 Å². The van der Waals surface area contributed by atoms with Crippen LogP contribution in [0, 0.1) is 16.0 Å². The topological polar surface area (TPSA) is 310 Å². The average molecular weight is 885 g/mol. The molecule has 2 aromatic rings. The molecule has 11 N–H and O–H groups in total. The Morgan fingerprint density at radius 3 is 2.13 bits per heavy atom. The van der Waals surface area contributed by atoms with E-state index in [0.717, 1.165) is 0 Å². The number of hydrogen-bond donors (Lipinski definition) is 9. The van der Waals surface area contributed by atoms with Gasteiger partial charge in [-0.2, -0.15) is 11.8 Å². The highest BCUT2D eigenvalue weighted by Gasteiger charge is 2.38. The third-order valence-electron chi connectivity index (χ3n) is 10.1. The molecule has 0 aromatic heterocycles. The Bertz CT molecular complexity index is 1840. The monoisotopic (exact) mass is 884 g/mol. The standard InChI is InChI=1S/C41H60N10O10S/c1-25(2)35(40(58)45-27-14-16-28(17-15-27)51(60)61)49-34(53)23-44-36(54)30(12-7-8-19-42)46-38(56)32(22-26-10-5-4-6-11-26)48-37(55)31(18-21-62-3)47-39(57)33-13-9-20-50(33)41(59)29(43)24-52/h4-6,10-11,14-17,25,29-33,35,52H,7-9,12-13,18-24,42-43H2,1-3H3,(H,44,54)(H,45,58)(H,46,56)(H,47,57)(H,48,55)(H,49,53)/t29-,30-,31-,32-,33-,35-/m0/s1. The van der Waals surface area contributed by atoms with Gasteiger partial charge >= 0.3 is 0 Å². The Hall–Kier alpha value is -5.64. The maximum Gasteiger partial charge on any atom is 0.269 e. The number of amides is 7. The summed E-state index contributed by atoms with van der Waals surface area (Å²) in [5, 5.41) is 36.4. The molecule has 1 aliphatic rings. The molecule has 1 fully saturated rings. The first-order valence-electron chi connectivity index (χ1n) is 20.5. The van der Waals surface area contributed by atoms with Crippen LogP contribution in [-0.2, 0) is 40.0 Å². The summed E-state index contributed by atoms with van der Waals surface area (Å²) < 4.78 is 0. The molecule has 340 valence electrons. The van der Waals surface area contributed by atoms with E-state index >= 15 is 0 Å². The van der Waals surface area contributed by atoms with E-state index in [-0.39, 0.29) is 37.2 Å². The molecule has 0 unspecified atom stereocenters. The number of benzene rings is 2. The summed E-state index contributed by atoms with van der Waals surface area (Å²) in [4.78, 5) is 106. The second kappa shape index (κ2) is 26.0. The fourth-order valence-corrected chi connectivity index (χ4v) is 7.14. The van der Waals surface area contributed by atoms with Gasteiger partial charge in [-0.1, -0.05) is 44.2 Å². The second-order valence-corrected chi connectivity index (χ2v) is 16.2. The molecule has 1 heterocycles. The van der Waals surface area contributed by atoms with E-state index in [1.165, 1.54) is 40.9 Å². The Labute approximate surface area is 365 Å². The van der Waals surface area contributed by atoms with E-state index in [9.17, 15) is 48.8 Å². The quantitative estimate of drug-likeness (QED) is 0.0351. The Balaban J connectivity index is 1.75. The summed E-state index contributed by atoms with van der Waals surface area (Å²) in [5.74, 6) is -4.42. The number of unbranched alkanes of at least 4 members (excludes halogenated alkanes) is 1. The molecule has 20 nitrogen and oxygen atoms in total. The molecule has 1 aliphatic heterocycles. The van der Waals surface area contributed by atoms with E-state index in [0.29, 0.717) is 43.5 Å². The van der Waals surface area contributed by atoms with Crippen molar-refractivity contribution in [2.75, 3.05) is 43.6 Å². The number of nitrogens with zero attached hydrogens (tertiary/aromatic N) is 2. The predicted octanol–water partition coefficient (Wildman–Crippen LogP) is -0.320. The zero-order valence-corrected chi connectivity index (χ0v) is 36.1. The first kappa shape index (κ1) is 50.7. The number of nitro benzene ring substituents is 1. The molecule has 1 saturated heterocycles. The van der Waals surface area contributed by atoms with Gasteiger partial charge in [-0.15, -0.1) is 0 Å². The van der Waals surface area contributed by atoms with Crippen LogP contribution >= 0.6 is 11.8 Å². The summed E-state index contributed by atoms with van der Waals surface area (Å²) in [5.41, 5.74) is 12.3. The minimum Gasteiger partial charge on any atom is -0.394 e. The minimum absolute atomic E-state index is 0.0175. The number of aliphatic hydroxyl groups is 1. The normalized spacial score (nSPS) is 15.9. The predicted molar refractivity (Wildman–Crippen MR) is 233 cm³/mol. The number of likely N-dealkylation sites (tertiary alicyclic amines) is 1. The number of anilines is 1. The number of nitro groups is 1. The van der Waals surface area contributed by atoms with Crippen molar-refractivity contribution in [1.82, 2.24) is 31.5 Å². The van der Waals surface area contributed by atoms with Crippen LogP contribution in [0.2, 0.25) is 0 Å².